The fraction of sp³-hybridized carbons (Fsp3) is 0.364. The number of nitrogens with one attached hydrogen (secondary N) is 3. The minimum Gasteiger partial charge on any atom is -0.360 e. The van der Waals surface area contributed by atoms with Gasteiger partial charge in [-0.05, 0) is 18.9 Å². The van der Waals surface area contributed by atoms with Gasteiger partial charge in [0.05, 0.1) is 5.69 Å². The summed E-state index contributed by atoms with van der Waals surface area (Å²) in [6.07, 6.45) is 4.54. The van der Waals surface area contributed by atoms with Gasteiger partial charge in [0.2, 0.25) is 5.91 Å². The monoisotopic (exact) mass is 439 g/mol. The number of carbonyl (C=O) groups excluding carboxylic acids is 3. The van der Waals surface area contributed by atoms with Gasteiger partial charge in [-0.25, -0.2) is 9.78 Å². The van der Waals surface area contributed by atoms with Crippen molar-refractivity contribution in [3.05, 3.63) is 35.8 Å². The Balaban J connectivity index is 1.45. The number of carbonyl (C=O) groups is 3. The number of thiazole rings is 1. The number of rotatable bonds is 8. The normalized spacial score (nSPS) is 15.5. The van der Waals surface area contributed by atoms with E-state index < -0.39 is 17.5 Å². The summed E-state index contributed by atoms with van der Waals surface area (Å²) in [5.74, 6) is -0.776. The molecule has 9 heteroatoms. The van der Waals surface area contributed by atoms with E-state index in [0.717, 1.165) is 39.9 Å². The summed E-state index contributed by atoms with van der Waals surface area (Å²) >= 11 is 1.30. The molecule has 1 saturated heterocycles. The summed E-state index contributed by atoms with van der Waals surface area (Å²) in [5, 5.41) is 8.87. The molecule has 0 saturated carbocycles. The van der Waals surface area contributed by atoms with Crippen LogP contribution in [0.3, 0.4) is 0 Å². The van der Waals surface area contributed by atoms with Crippen molar-refractivity contribution in [3.63, 3.8) is 0 Å². The van der Waals surface area contributed by atoms with Gasteiger partial charge >= 0.3 is 6.03 Å². The number of aromatic amines is 1. The molecule has 162 valence electrons. The average molecular weight is 440 g/mol. The fourth-order valence-corrected chi connectivity index (χ4v) is 4.90. The molecule has 1 aromatic carbocycles. The maximum Gasteiger partial charge on any atom is 0.325 e. The smallest absolute Gasteiger partial charge is 0.325 e. The molecule has 4 rings (SSSR count). The minimum absolute atomic E-state index is 0.324. The molecule has 8 nitrogen and oxygen atoms in total. The third-order valence-electron chi connectivity index (χ3n) is 5.52. The van der Waals surface area contributed by atoms with Gasteiger partial charge in [-0.2, -0.15) is 0 Å². The van der Waals surface area contributed by atoms with Gasteiger partial charge in [0.1, 0.15) is 12.1 Å². The van der Waals surface area contributed by atoms with Crippen LogP contribution in [0, 0.1) is 0 Å². The molecule has 0 spiro atoms. The van der Waals surface area contributed by atoms with Crippen LogP contribution in [0.25, 0.3) is 22.2 Å². The molecular formula is C22H25N5O3S. The second-order valence-electron chi connectivity index (χ2n) is 7.74. The number of para-hydroxylation sites is 1. The predicted molar refractivity (Wildman–Crippen MR) is 121 cm³/mol. The maximum atomic E-state index is 12.9. The summed E-state index contributed by atoms with van der Waals surface area (Å²) < 4.78 is 0. The van der Waals surface area contributed by atoms with Crippen LogP contribution in [0.2, 0.25) is 0 Å². The number of anilines is 1. The van der Waals surface area contributed by atoms with Gasteiger partial charge < -0.3 is 15.6 Å². The Labute approximate surface area is 184 Å². The van der Waals surface area contributed by atoms with Gasteiger partial charge in [-0.15, -0.1) is 11.3 Å². The Morgan fingerprint density at radius 2 is 1.94 bits per heavy atom. The number of H-pyrrole nitrogens is 1. The van der Waals surface area contributed by atoms with Crippen molar-refractivity contribution >= 4 is 45.2 Å². The van der Waals surface area contributed by atoms with Gasteiger partial charge in [0.15, 0.2) is 5.13 Å². The average Bonchev–Trinajstić information content (AvgIpc) is 3.42. The van der Waals surface area contributed by atoms with E-state index >= 15 is 0 Å². The number of nitrogens with zero attached hydrogens (tertiary/aromatic N) is 2. The number of urea groups is 1. The summed E-state index contributed by atoms with van der Waals surface area (Å²) in [4.78, 5) is 46.7. The largest absolute Gasteiger partial charge is 0.360 e. The second-order valence-corrected chi connectivity index (χ2v) is 8.60. The molecule has 1 aliphatic heterocycles. The van der Waals surface area contributed by atoms with Crippen molar-refractivity contribution in [2.75, 3.05) is 11.9 Å². The summed E-state index contributed by atoms with van der Waals surface area (Å²) in [7, 11) is 0. The molecule has 0 unspecified atom stereocenters. The molecule has 3 aromatic rings. The molecule has 2 aromatic heterocycles. The van der Waals surface area contributed by atoms with Crippen LogP contribution in [0.1, 0.15) is 39.5 Å². The van der Waals surface area contributed by atoms with E-state index in [4.69, 9.17) is 0 Å². The zero-order valence-electron chi connectivity index (χ0n) is 17.5. The van der Waals surface area contributed by atoms with Crippen LogP contribution in [0.15, 0.2) is 35.8 Å². The highest BCUT2D eigenvalue weighted by Gasteiger charge is 2.50. The summed E-state index contributed by atoms with van der Waals surface area (Å²) in [5.41, 5.74) is 1.81. The zero-order chi connectivity index (χ0) is 22.0. The molecule has 1 fully saturated rings. The molecule has 3 heterocycles. The number of benzene rings is 1. The van der Waals surface area contributed by atoms with Crippen molar-refractivity contribution in [1.82, 2.24) is 20.2 Å². The fourth-order valence-electron chi connectivity index (χ4n) is 4.18. The van der Waals surface area contributed by atoms with E-state index in [1.54, 1.807) is 0 Å². The number of aromatic nitrogens is 2. The van der Waals surface area contributed by atoms with Crippen LogP contribution >= 0.6 is 11.3 Å². The van der Waals surface area contributed by atoms with E-state index in [2.05, 4.69) is 20.6 Å². The van der Waals surface area contributed by atoms with E-state index in [9.17, 15) is 14.4 Å². The van der Waals surface area contributed by atoms with Crippen molar-refractivity contribution in [3.8, 4) is 11.3 Å². The predicted octanol–water partition coefficient (Wildman–Crippen LogP) is 4.12. The van der Waals surface area contributed by atoms with E-state index in [-0.39, 0.29) is 12.5 Å². The summed E-state index contributed by atoms with van der Waals surface area (Å²) in [6.45, 7) is 3.61. The lowest BCUT2D eigenvalue weighted by molar-refractivity contribution is -0.134. The first-order valence-corrected chi connectivity index (χ1v) is 11.3. The van der Waals surface area contributed by atoms with Crippen molar-refractivity contribution in [2.24, 2.45) is 0 Å². The van der Waals surface area contributed by atoms with Gasteiger partial charge in [-0.1, -0.05) is 44.9 Å². The third-order valence-corrected chi connectivity index (χ3v) is 6.27. The first kappa shape index (κ1) is 21.0. The van der Waals surface area contributed by atoms with Crippen molar-refractivity contribution in [2.45, 2.75) is 45.1 Å². The first-order valence-electron chi connectivity index (χ1n) is 10.4. The molecule has 0 bridgehead atoms. The highest BCUT2D eigenvalue weighted by Crippen LogP contribution is 2.31. The van der Waals surface area contributed by atoms with E-state index in [0.29, 0.717) is 18.0 Å². The lowest BCUT2D eigenvalue weighted by Crippen LogP contribution is -2.47. The molecule has 4 amide bonds. The molecule has 3 N–H and O–H groups in total. The van der Waals surface area contributed by atoms with E-state index in [1.807, 2.05) is 49.7 Å². The number of hydrogen-bond donors (Lipinski definition) is 3. The van der Waals surface area contributed by atoms with Gasteiger partial charge in [0, 0.05) is 28.0 Å². The Morgan fingerprint density at radius 1 is 1.19 bits per heavy atom. The standard InChI is InChI=1S/C22H25N5O3S/c1-3-9-22(10-4-2)19(29)27(21(30)26-22)12-18(28)25-20-24-17(13-31-20)15-11-23-16-8-6-5-7-14(15)16/h5-8,11,13,23H,3-4,9-10,12H2,1-2H3,(H,26,30)(H,24,25,28). The van der Waals surface area contributed by atoms with Crippen LogP contribution in [-0.4, -0.2) is 44.8 Å². The third kappa shape index (κ3) is 3.93. The Morgan fingerprint density at radius 3 is 2.68 bits per heavy atom. The Kier molecular flexibility index (Phi) is 5.77. The Hall–Kier alpha value is -3.20. The molecule has 0 aliphatic carbocycles. The maximum absolute atomic E-state index is 12.9. The first-order chi connectivity index (χ1) is 15.0. The molecule has 31 heavy (non-hydrogen) atoms. The lowest BCUT2D eigenvalue weighted by Gasteiger charge is -2.25. The second kappa shape index (κ2) is 8.50. The topological polar surface area (TPSA) is 107 Å². The quantitative estimate of drug-likeness (QED) is 0.459. The number of amides is 4. The highest BCUT2D eigenvalue weighted by molar-refractivity contribution is 7.14. The SMILES string of the molecule is CCCC1(CCC)NC(=O)N(CC(=O)Nc2nc(-c3c[nH]c4ccccc34)cs2)C1=O. The van der Waals surface area contributed by atoms with Crippen LogP contribution in [-0.2, 0) is 9.59 Å². The van der Waals surface area contributed by atoms with Gasteiger partial charge in [0.25, 0.3) is 5.91 Å². The Bertz CT molecular complexity index is 1130. The minimum atomic E-state index is -0.898. The zero-order valence-corrected chi connectivity index (χ0v) is 18.3. The van der Waals surface area contributed by atoms with E-state index in [1.165, 1.54) is 11.3 Å². The molecule has 0 atom stereocenters. The number of imide groups is 1. The molecule has 1 aliphatic rings. The van der Waals surface area contributed by atoms with Crippen LogP contribution < -0.4 is 10.6 Å². The molecular weight excluding hydrogens is 414 g/mol. The summed E-state index contributed by atoms with van der Waals surface area (Å²) in [6, 6.07) is 7.41. The van der Waals surface area contributed by atoms with Gasteiger partial charge in [-0.3, -0.25) is 14.5 Å². The van der Waals surface area contributed by atoms with Crippen LogP contribution in [0.5, 0.6) is 0 Å². The van der Waals surface area contributed by atoms with Crippen molar-refractivity contribution < 1.29 is 14.4 Å². The highest BCUT2D eigenvalue weighted by atomic mass is 32.1. The number of hydrogen-bond acceptors (Lipinski definition) is 5. The van der Waals surface area contributed by atoms with Crippen molar-refractivity contribution in [1.29, 1.82) is 0 Å². The van der Waals surface area contributed by atoms with Crippen LogP contribution in [0.4, 0.5) is 9.93 Å². The molecule has 0 radical (unpaired) electrons. The number of fused-ring (bicyclic) bond motifs is 1. The lowest BCUT2D eigenvalue weighted by atomic mass is 9.88.